The van der Waals surface area contributed by atoms with Crippen LogP contribution in [0.5, 0.6) is 0 Å². The SMILES string of the molecule is CCN(CC)c1ccccc1-n1nc2ccccc2n1. The van der Waals surface area contributed by atoms with Crippen molar-refractivity contribution in [3.05, 3.63) is 48.5 Å². The largest absolute Gasteiger partial charge is 0.370 e. The predicted octanol–water partition coefficient (Wildman–Crippen LogP) is 3.27. The molecular weight excluding hydrogens is 248 g/mol. The van der Waals surface area contributed by atoms with Crippen molar-refractivity contribution in [3.8, 4) is 5.69 Å². The zero-order valence-corrected chi connectivity index (χ0v) is 11.8. The van der Waals surface area contributed by atoms with Crippen LogP contribution >= 0.6 is 0 Å². The van der Waals surface area contributed by atoms with E-state index < -0.39 is 0 Å². The normalized spacial score (nSPS) is 10.9. The van der Waals surface area contributed by atoms with Gasteiger partial charge in [0.25, 0.3) is 0 Å². The van der Waals surface area contributed by atoms with Gasteiger partial charge in [-0.25, -0.2) is 0 Å². The topological polar surface area (TPSA) is 34.0 Å². The third-order valence-electron chi connectivity index (χ3n) is 3.49. The van der Waals surface area contributed by atoms with E-state index in [0.29, 0.717) is 0 Å². The van der Waals surface area contributed by atoms with Gasteiger partial charge in [0.15, 0.2) is 0 Å². The van der Waals surface area contributed by atoms with Crippen LogP contribution in [0, 0.1) is 0 Å². The Balaban J connectivity index is 2.13. The first kappa shape index (κ1) is 12.7. The first-order chi connectivity index (χ1) is 9.83. The monoisotopic (exact) mass is 266 g/mol. The van der Waals surface area contributed by atoms with E-state index in [-0.39, 0.29) is 0 Å². The molecule has 3 aromatic rings. The van der Waals surface area contributed by atoms with Crippen LogP contribution in [0.1, 0.15) is 13.8 Å². The number of rotatable bonds is 4. The highest BCUT2D eigenvalue weighted by Gasteiger charge is 2.11. The summed E-state index contributed by atoms with van der Waals surface area (Å²) in [4.78, 5) is 4.04. The Morgan fingerprint density at radius 2 is 1.40 bits per heavy atom. The van der Waals surface area contributed by atoms with Gasteiger partial charge in [-0.2, -0.15) is 0 Å². The molecule has 0 N–H and O–H groups in total. The van der Waals surface area contributed by atoms with E-state index in [4.69, 9.17) is 0 Å². The fourth-order valence-corrected chi connectivity index (χ4v) is 2.43. The van der Waals surface area contributed by atoms with Crippen molar-refractivity contribution in [3.63, 3.8) is 0 Å². The Morgan fingerprint density at radius 3 is 2.00 bits per heavy atom. The molecule has 0 saturated carbocycles. The molecule has 4 nitrogen and oxygen atoms in total. The number of para-hydroxylation sites is 2. The Bertz CT molecular complexity index is 680. The minimum Gasteiger partial charge on any atom is -0.370 e. The molecule has 20 heavy (non-hydrogen) atoms. The standard InChI is InChI=1S/C16H18N4/c1-3-19(4-2)15-11-7-8-12-16(15)20-17-13-9-5-6-10-14(13)18-20/h5-12H,3-4H2,1-2H3. The number of benzene rings is 2. The molecule has 102 valence electrons. The van der Waals surface area contributed by atoms with E-state index in [0.717, 1.165) is 35.5 Å². The number of nitrogens with zero attached hydrogens (tertiary/aromatic N) is 4. The van der Waals surface area contributed by atoms with Crippen molar-refractivity contribution in [1.82, 2.24) is 15.0 Å². The highest BCUT2D eigenvalue weighted by atomic mass is 15.5. The van der Waals surface area contributed by atoms with E-state index in [1.54, 1.807) is 4.80 Å². The maximum atomic E-state index is 4.57. The Labute approximate surface area is 118 Å². The van der Waals surface area contributed by atoms with Crippen molar-refractivity contribution < 1.29 is 0 Å². The second kappa shape index (κ2) is 5.33. The molecule has 0 aliphatic rings. The molecule has 0 amide bonds. The summed E-state index contributed by atoms with van der Waals surface area (Å²) in [7, 11) is 0. The lowest BCUT2D eigenvalue weighted by Gasteiger charge is -2.23. The maximum Gasteiger partial charge on any atom is 0.113 e. The Kier molecular flexibility index (Phi) is 3.37. The van der Waals surface area contributed by atoms with Gasteiger partial charge in [0.1, 0.15) is 16.7 Å². The van der Waals surface area contributed by atoms with Gasteiger partial charge in [-0.3, -0.25) is 0 Å². The first-order valence-electron chi connectivity index (χ1n) is 7.00. The molecule has 4 heteroatoms. The van der Waals surface area contributed by atoms with E-state index in [1.807, 2.05) is 30.3 Å². The van der Waals surface area contributed by atoms with Gasteiger partial charge in [-0.1, -0.05) is 24.3 Å². The maximum absolute atomic E-state index is 4.57. The molecule has 3 rings (SSSR count). The average molecular weight is 266 g/mol. The Hall–Kier alpha value is -2.36. The third-order valence-corrected chi connectivity index (χ3v) is 3.49. The summed E-state index contributed by atoms with van der Waals surface area (Å²) in [5.74, 6) is 0. The third kappa shape index (κ3) is 2.13. The zero-order chi connectivity index (χ0) is 13.9. The molecule has 0 unspecified atom stereocenters. The lowest BCUT2D eigenvalue weighted by Crippen LogP contribution is -2.23. The lowest BCUT2D eigenvalue weighted by molar-refractivity contribution is 0.754. The van der Waals surface area contributed by atoms with Gasteiger partial charge in [0.05, 0.1) is 5.69 Å². The summed E-state index contributed by atoms with van der Waals surface area (Å²) in [6.45, 7) is 6.25. The molecule has 0 fully saturated rings. The van der Waals surface area contributed by atoms with Crippen molar-refractivity contribution in [1.29, 1.82) is 0 Å². The van der Waals surface area contributed by atoms with Crippen LogP contribution in [0.2, 0.25) is 0 Å². The van der Waals surface area contributed by atoms with E-state index in [2.05, 4.69) is 47.1 Å². The zero-order valence-electron chi connectivity index (χ0n) is 11.8. The number of hydrogen-bond acceptors (Lipinski definition) is 3. The second-order valence-electron chi connectivity index (χ2n) is 4.64. The molecule has 0 saturated heterocycles. The van der Waals surface area contributed by atoms with Crippen LogP contribution in [-0.2, 0) is 0 Å². The minimum atomic E-state index is 0.918. The summed E-state index contributed by atoms with van der Waals surface area (Å²) in [6.07, 6.45) is 0. The number of anilines is 1. The van der Waals surface area contributed by atoms with Crippen molar-refractivity contribution in [2.45, 2.75) is 13.8 Å². The van der Waals surface area contributed by atoms with Gasteiger partial charge in [0.2, 0.25) is 0 Å². The fraction of sp³-hybridized carbons (Fsp3) is 0.250. The van der Waals surface area contributed by atoms with Crippen molar-refractivity contribution in [2.24, 2.45) is 0 Å². The van der Waals surface area contributed by atoms with Gasteiger partial charge >= 0.3 is 0 Å². The second-order valence-corrected chi connectivity index (χ2v) is 4.64. The average Bonchev–Trinajstić information content (AvgIpc) is 2.93. The summed E-state index contributed by atoms with van der Waals surface area (Å²) >= 11 is 0. The fourth-order valence-electron chi connectivity index (χ4n) is 2.43. The van der Waals surface area contributed by atoms with Crippen LogP contribution < -0.4 is 4.90 Å². The molecular formula is C16H18N4. The van der Waals surface area contributed by atoms with Crippen molar-refractivity contribution >= 4 is 16.7 Å². The molecule has 0 spiro atoms. The van der Waals surface area contributed by atoms with Crippen LogP contribution in [0.25, 0.3) is 16.7 Å². The molecule has 1 heterocycles. The molecule has 0 aliphatic heterocycles. The molecule has 0 radical (unpaired) electrons. The van der Waals surface area contributed by atoms with E-state index >= 15 is 0 Å². The summed E-state index contributed by atoms with van der Waals surface area (Å²) in [5.41, 5.74) is 4.02. The molecule has 0 aliphatic carbocycles. The van der Waals surface area contributed by atoms with Crippen LogP contribution in [-0.4, -0.2) is 28.1 Å². The van der Waals surface area contributed by atoms with Crippen molar-refractivity contribution in [2.75, 3.05) is 18.0 Å². The first-order valence-corrected chi connectivity index (χ1v) is 7.00. The number of aromatic nitrogens is 3. The summed E-state index contributed by atoms with van der Waals surface area (Å²) in [6, 6.07) is 16.2. The molecule has 0 bridgehead atoms. The quantitative estimate of drug-likeness (QED) is 0.727. The molecule has 0 atom stereocenters. The molecule has 1 aromatic heterocycles. The van der Waals surface area contributed by atoms with Crippen LogP contribution in [0.15, 0.2) is 48.5 Å². The number of fused-ring (bicyclic) bond motifs is 1. The van der Waals surface area contributed by atoms with Gasteiger partial charge in [-0.05, 0) is 38.1 Å². The van der Waals surface area contributed by atoms with Gasteiger partial charge < -0.3 is 4.90 Å². The molecule has 2 aromatic carbocycles. The van der Waals surface area contributed by atoms with Gasteiger partial charge in [-0.15, -0.1) is 15.0 Å². The number of hydrogen-bond donors (Lipinski definition) is 0. The van der Waals surface area contributed by atoms with Crippen LogP contribution in [0.3, 0.4) is 0 Å². The predicted molar refractivity (Wildman–Crippen MR) is 82.4 cm³/mol. The van der Waals surface area contributed by atoms with Crippen LogP contribution in [0.4, 0.5) is 5.69 Å². The van der Waals surface area contributed by atoms with Gasteiger partial charge in [0, 0.05) is 13.1 Å². The van der Waals surface area contributed by atoms with E-state index in [9.17, 15) is 0 Å². The minimum absolute atomic E-state index is 0.918. The summed E-state index contributed by atoms with van der Waals surface area (Å²) in [5, 5.41) is 9.15. The summed E-state index contributed by atoms with van der Waals surface area (Å²) < 4.78 is 0. The highest BCUT2D eigenvalue weighted by Crippen LogP contribution is 2.24. The lowest BCUT2D eigenvalue weighted by atomic mass is 10.2. The highest BCUT2D eigenvalue weighted by molar-refractivity contribution is 5.74. The van der Waals surface area contributed by atoms with E-state index in [1.165, 1.54) is 0 Å². The Morgan fingerprint density at radius 1 is 0.850 bits per heavy atom. The smallest absolute Gasteiger partial charge is 0.113 e.